The minimum absolute atomic E-state index is 0.285. The van der Waals surface area contributed by atoms with Crippen LogP contribution in [0, 0.1) is 5.92 Å². The summed E-state index contributed by atoms with van der Waals surface area (Å²) in [5.41, 5.74) is 0. The molecule has 1 aromatic heterocycles. The van der Waals surface area contributed by atoms with Crippen molar-refractivity contribution >= 4 is 23.5 Å². The highest BCUT2D eigenvalue weighted by Crippen LogP contribution is 2.37. The molecule has 0 amide bonds. The fraction of sp³-hybridized carbons (Fsp3) is 0.786. The Kier molecular flexibility index (Phi) is 4.24. The number of nitrogens with zero attached hydrogens (tertiary/aromatic N) is 4. The van der Waals surface area contributed by atoms with E-state index >= 15 is 0 Å². The molecule has 0 spiro atoms. The lowest BCUT2D eigenvalue weighted by atomic mass is 9.85. The molecule has 110 valence electrons. The second-order valence-corrected chi connectivity index (χ2v) is 6.09. The second kappa shape index (κ2) is 6.12. The molecular weight excluding hydrogens is 274 g/mol. The van der Waals surface area contributed by atoms with E-state index in [1.54, 1.807) is 0 Å². The van der Waals surface area contributed by atoms with Gasteiger partial charge in [0.05, 0.1) is 0 Å². The van der Waals surface area contributed by atoms with Gasteiger partial charge < -0.3 is 10.2 Å². The molecule has 6 heteroatoms. The summed E-state index contributed by atoms with van der Waals surface area (Å²) in [5.74, 6) is 2.16. The van der Waals surface area contributed by atoms with Crippen molar-refractivity contribution < 1.29 is 0 Å². The molecule has 1 saturated heterocycles. The number of hydrogen-bond acceptors (Lipinski definition) is 5. The van der Waals surface area contributed by atoms with Gasteiger partial charge in [0.25, 0.3) is 0 Å². The highest BCUT2D eigenvalue weighted by atomic mass is 35.5. The Morgan fingerprint density at radius 3 is 2.90 bits per heavy atom. The van der Waals surface area contributed by atoms with Gasteiger partial charge >= 0.3 is 0 Å². The highest BCUT2D eigenvalue weighted by Gasteiger charge is 2.37. The van der Waals surface area contributed by atoms with Crippen LogP contribution in [0.15, 0.2) is 0 Å². The molecule has 2 unspecified atom stereocenters. The van der Waals surface area contributed by atoms with E-state index < -0.39 is 0 Å². The molecule has 1 N–H and O–H groups in total. The van der Waals surface area contributed by atoms with Crippen LogP contribution >= 0.6 is 11.6 Å². The van der Waals surface area contributed by atoms with E-state index in [2.05, 4.69) is 32.1 Å². The van der Waals surface area contributed by atoms with Crippen molar-refractivity contribution in [1.29, 1.82) is 0 Å². The SMILES string of the molecule is CCCNc1nc(Cl)nc(N2CCC3CCCCC32)n1. The van der Waals surface area contributed by atoms with E-state index in [0.717, 1.165) is 31.4 Å². The lowest BCUT2D eigenvalue weighted by Gasteiger charge is -2.31. The zero-order valence-electron chi connectivity index (χ0n) is 12.0. The smallest absolute Gasteiger partial charge is 0.231 e. The van der Waals surface area contributed by atoms with Crippen LogP contribution in [0.1, 0.15) is 45.4 Å². The maximum absolute atomic E-state index is 6.05. The van der Waals surface area contributed by atoms with Crippen molar-refractivity contribution in [3.8, 4) is 0 Å². The Labute approximate surface area is 125 Å². The molecular formula is C14H22ClN5. The second-order valence-electron chi connectivity index (χ2n) is 5.75. The summed E-state index contributed by atoms with van der Waals surface area (Å²) in [6.07, 6.45) is 7.58. The molecule has 2 fully saturated rings. The third-order valence-electron chi connectivity index (χ3n) is 4.40. The molecule has 0 bridgehead atoms. The maximum atomic E-state index is 6.05. The predicted molar refractivity (Wildman–Crippen MR) is 81.3 cm³/mol. The molecule has 5 nitrogen and oxygen atoms in total. The molecule has 1 saturated carbocycles. The van der Waals surface area contributed by atoms with Crippen LogP contribution in [0.4, 0.5) is 11.9 Å². The molecule has 2 atom stereocenters. The first-order chi connectivity index (χ1) is 9.78. The van der Waals surface area contributed by atoms with Gasteiger partial charge in [-0.15, -0.1) is 0 Å². The number of aromatic nitrogens is 3. The zero-order valence-corrected chi connectivity index (χ0v) is 12.7. The molecule has 0 aromatic carbocycles. The summed E-state index contributed by atoms with van der Waals surface area (Å²) in [5, 5.41) is 3.48. The standard InChI is InChI=1S/C14H22ClN5/c1-2-8-16-13-17-12(15)18-14(19-13)20-9-7-10-5-3-4-6-11(10)20/h10-11H,2-9H2,1H3,(H,16,17,18,19). The lowest BCUT2D eigenvalue weighted by Crippen LogP contribution is -2.36. The molecule has 1 aliphatic heterocycles. The first-order valence-corrected chi connectivity index (χ1v) is 8.08. The van der Waals surface area contributed by atoms with Gasteiger partial charge in [-0.2, -0.15) is 15.0 Å². The summed E-state index contributed by atoms with van der Waals surface area (Å²) in [6.45, 7) is 4.01. The summed E-state index contributed by atoms with van der Waals surface area (Å²) < 4.78 is 0. The number of anilines is 2. The van der Waals surface area contributed by atoms with Gasteiger partial charge in [-0.25, -0.2) is 0 Å². The van der Waals surface area contributed by atoms with Gasteiger partial charge in [-0.1, -0.05) is 19.8 Å². The van der Waals surface area contributed by atoms with E-state index in [4.69, 9.17) is 11.6 Å². The number of nitrogens with one attached hydrogen (secondary N) is 1. The number of rotatable bonds is 4. The highest BCUT2D eigenvalue weighted by molar-refractivity contribution is 6.28. The van der Waals surface area contributed by atoms with E-state index in [9.17, 15) is 0 Å². The maximum Gasteiger partial charge on any atom is 0.231 e. The van der Waals surface area contributed by atoms with Gasteiger partial charge in [0.15, 0.2) is 0 Å². The van der Waals surface area contributed by atoms with Crippen LogP contribution in [-0.4, -0.2) is 34.1 Å². The largest absolute Gasteiger partial charge is 0.354 e. The molecule has 1 aliphatic carbocycles. The monoisotopic (exact) mass is 295 g/mol. The van der Waals surface area contributed by atoms with Crippen molar-refractivity contribution in [3.05, 3.63) is 5.28 Å². The average Bonchev–Trinajstić information content (AvgIpc) is 2.88. The van der Waals surface area contributed by atoms with Crippen LogP contribution < -0.4 is 10.2 Å². The minimum Gasteiger partial charge on any atom is -0.354 e. The van der Waals surface area contributed by atoms with Crippen LogP contribution in [-0.2, 0) is 0 Å². The lowest BCUT2D eigenvalue weighted by molar-refractivity contribution is 0.340. The van der Waals surface area contributed by atoms with Crippen LogP contribution in [0.5, 0.6) is 0 Å². The van der Waals surface area contributed by atoms with Crippen molar-refractivity contribution in [3.63, 3.8) is 0 Å². The molecule has 2 heterocycles. The third-order valence-corrected chi connectivity index (χ3v) is 4.57. The van der Waals surface area contributed by atoms with Gasteiger partial charge in [-0.05, 0) is 43.2 Å². The van der Waals surface area contributed by atoms with Crippen LogP contribution in [0.25, 0.3) is 0 Å². The normalized spacial score (nSPS) is 25.6. The van der Waals surface area contributed by atoms with Gasteiger partial charge in [-0.3, -0.25) is 0 Å². The topological polar surface area (TPSA) is 53.9 Å². The fourth-order valence-corrected chi connectivity index (χ4v) is 3.59. The number of halogens is 1. The molecule has 20 heavy (non-hydrogen) atoms. The fourth-order valence-electron chi connectivity index (χ4n) is 3.44. The van der Waals surface area contributed by atoms with E-state index in [1.807, 2.05) is 0 Å². The summed E-state index contributed by atoms with van der Waals surface area (Å²) in [7, 11) is 0. The predicted octanol–water partition coefficient (Wildman–Crippen LogP) is 3.12. The quantitative estimate of drug-likeness (QED) is 0.925. The van der Waals surface area contributed by atoms with Gasteiger partial charge in [0, 0.05) is 19.1 Å². The zero-order chi connectivity index (χ0) is 13.9. The molecule has 0 radical (unpaired) electrons. The Morgan fingerprint density at radius 1 is 1.20 bits per heavy atom. The summed E-state index contributed by atoms with van der Waals surface area (Å²) >= 11 is 6.05. The van der Waals surface area contributed by atoms with Crippen molar-refractivity contribution in [2.75, 3.05) is 23.3 Å². The Balaban J connectivity index is 1.80. The van der Waals surface area contributed by atoms with Gasteiger partial charge in [0.2, 0.25) is 17.2 Å². The summed E-state index contributed by atoms with van der Waals surface area (Å²) in [4.78, 5) is 15.4. The summed E-state index contributed by atoms with van der Waals surface area (Å²) in [6, 6.07) is 0.598. The van der Waals surface area contributed by atoms with Crippen molar-refractivity contribution in [2.45, 2.75) is 51.5 Å². The van der Waals surface area contributed by atoms with Crippen molar-refractivity contribution in [2.24, 2.45) is 5.92 Å². The average molecular weight is 296 g/mol. The number of fused-ring (bicyclic) bond motifs is 1. The van der Waals surface area contributed by atoms with E-state index in [1.165, 1.54) is 32.1 Å². The molecule has 3 rings (SSSR count). The molecule has 2 aliphatic rings. The van der Waals surface area contributed by atoms with Crippen LogP contribution in [0.2, 0.25) is 5.28 Å². The molecule has 1 aromatic rings. The van der Waals surface area contributed by atoms with E-state index in [-0.39, 0.29) is 5.28 Å². The number of hydrogen-bond donors (Lipinski definition) is 1. The van der Waals surface area contributed by atoms with Crippen molar-refractivity contribution in [1.82, 2.24) is 15.0 Å². The van der Waals surface area contributed by atoms with E-state index in [0.29, 0.717) is 12.0 Å². The van der Waals surface area contributed by atoms with Gasteiger partial charge in [0.1, 0.15) is 0 Å². The third kappa shape index (κ3) is 2.82. The first kappa shape index (κ1) is 13.9. The first-order valence-electron chi connectivity index (χ1n) is 7.70. The minimum atomic E-state index is 0.285. The Hall–Kier alpha value is -1.10. The van der Waals surface area contributed by atoms with Crippen LogP contribution in [0.3, 0.4) is 0 Å². The Morgan fingerprint density at radius 2 is 2.05 bits per heavy atom. The Bertz CT molecular complexity index is 467.